The molecular weight excluding hydrogens is 442 g/mol. The Hall–Kier alpha value is -1.42. The average Bonchev–Trinajstić information content (AvgIpc) is 3.04. The van der Waals surface area contributed by atoms with Gasteiger partial charge in [-0.15, -0.1) is 0 Å². The second-order valence-corrected chi connectivity index (χ2v) is 12.7. The molecule has 3 rings (SSSR count). The van der Waals surface area contributed by atoms with Crippen molar-refractivity contribution in [2.24, 2.45) is 11.8 Å². The Kier molecular flexibility index (Phi) is 11.4. The highest BCUT2D eigenvalue weighted by atomic mass is 32.2. The third-order valence-electron chi connectivity index (χ3n) is 8.00. The predicted molar refractivity (Wildman–Crippen MR) is 139 cm³/mol. The summed E-state index contributed by atoms with van der Waals surface area (Å²) in [7, 11) is -1.20. The predicted octanol–water partition coefficient (Wildman–Crippen LogP) is 5.55. The van der Waals surface area contributed by atoms with E-state index < -0.39 is 9.84 Å². The van der Waals surface area contributed by atoms with E-state index in [9.17, 15) is 8.42 Å². The van der Waals surface area contributed by atoms with Gasteiger partial charge in [-0.2, -0.15) is 5.26 Å². The third-order valence-corrected chi connectivity index (χ3v) is 9.82. The van der Waals surface area contributed by atoms with Crippen LogP contribution in [0.5, 0.6) is 0 Å². The molecule has 3 atom stereocenters. The third kappa shape index (κ3) is 8.66. The Morgan fingerprint density at radius 1 is 0.912 bits per heavy atom. The maximum Gasteiger partial charge on any atom is 0.178 e. The maximum atomic E-state index is 12.8. The molecule has 1 saturated carbocycles. The molecule has 0 aromatic heterocycles. The zero-order chi connectivity index (χ0) is 24.2. The van der Waals surface area contributed by atoms with Crippen molar-refractivity contribution in [3.63, 3.8) is 0 Å². The highest BCUT2D eigenvalue weighted by Gasteiger charge is 2.28. The van der Waals surface area contributed by atoms with Gasteiger partial charge >= 0.3 is 0 Å². The highest BCUT2D eigenvalue weighted by molar-refractivity contribution is 7.91. The molecule has 2 fully saturated rings. The Morgan fingerprint density at radius 3 is 2.21 bits per heavy atom. The van der Waals surface area contributed by atoms with Gasteiger partial charge < -0.3 is 10.2 Å². The Balaban J connectivity index is 1.61. The second-order valence-electron chi connectivity index (χ2n) is 10.6. The van der Waals surface area contributed by atoms with Crippen LogP contribution < -0.4 is 5.32 Å². The first-order valence-corrected chi connectivity index (χ1v) is 15.3. The van der Waals surface area contributed by atoms with Gasteiger partial charge in [0, 0.05) is 19.1 Å². The zero-order valence-electron chi connectivity index (χ0n) is 21.2. The van der Waals surface area contributed by atoms with Gasteiger partial charge in [-0.1, -0.05) is 51.4 Å². The molecular formula is C28H45N3O2S. The van der Waals surface area contributed by atoms with Crippen LogP contribution in [0.25, 0.3) is 0 Å². The van der Waals surface area contributed by atoms with Crippen LogP contribution in [0, 0.1) is 23.2 Å². The lowest BCUT2D eigenvalue weighted by Crippen LogP contribution is -2.41. The normalized spacial score (nSPS) is 26.2. The number of nitriles is 1. The molecule has 1 aromatic carbocycles. The van der Waals surface area contributed by atoms with Gasteiger partial charge in [-0.3, -0.25) is 0 Å². The van der Waals surface area contributed by atoms with Crippen LogP contribution in [0.4, 0.5) is 0 Å². The van der Waals surface area contributed by atoms with Gasteiger partial charge in [0.05, 0.1) is 22.3 Å². The largest absolute Gasteiger partial charge is 0.317 e. The van der Waals surface area contributed by atoms with E-state index in [4.69, 9.17) is 5.26 Å². The summed E-state index contributed by atoms with van der Waals surface area (Å²) >= 11 is 0. The average molecular weight is 488 g/mol. The summed E-state index contributed by atoms with van der Waals surface area (Å²) in [5.74, 6) is 1.55. The molecule has 0 radical (unpaired) electrons. The van der Waals surface area contributed by atoms with Crippen molar-refractivity contribution in [2.75, 3.05) is 32.4 Å². The van der Waals surface area contributed by atoms with Crippen LogP contribution in [0.1, 0.15) is 89.0 Å². The minimum atomic E-state index is -3.32. The fourth-order valence-corrected chi connectivity index (χ4v) is 7.25. The first-order chi connectivity index (χ1) is 16.5. The van der Waals surface area contributed by atoms with Gasteiger partial charge in [0.25, 0.3) is 0 Å². The first kappa shape index (κ1) is 27.2. The Morgan fingerprint density at radius 2 is 1.56 bits per heavy atom. The van der Waals surface area contributed by atoms with Crippen LogP contribution >= 0.6 is 0 Å². The summed E-state index contributed by atoms with van der Waals surface area (Å²) in [4.78, 5) is 2.90. The van der Waals surface area contributed by atoms with Crippen molar-refractivity contribution >= 4 is 9.84 Å². The molecule has 6 heteroatoms. The summed E-state index contributed by atoms with van der Waals surface area (Å²) in [5, 5.41) is 12.6. The quantitative estimate of drug-likeness (QED) is 0.569. The molecule has 5 nitrogen and oxygen atoms in total. The monoisotopic (exact) mass is 487 g/mol. The summed E-state index contributed by atoms with van der Waals surface area (Å²) in [6.45, 7) is 3.04. The second kappa shape index (κ2) is 14.2. The van der Waals surface area contributed by atoms with Crippen molar-refractivity contribution in [3.05, 3.63) is 29.8 Å². The van der Waals surface area contributed by atoms with E-state index >= 15 is 0 Å². The lowest BCUT2D eigenvalue weighted by atomic mass is 9.88. The maximum absolute atomic E-state index is 12.8. The number of sulfone groups is 1. The lowest BCUT2D eigenvalue weighted by Gasteiger charge is -2.30. The van der Waals surface area contributed by atoms with E-state index in [0.717, 1.165) is 25.6 Å². The van der Waals surface area contributed by atoms with Crippen LogP contribution in [0.15, 0.2) is 29.2 Å². The van der Waals surface area contributed by atoms with E-state index in [0.29, 0.717) is 28.8 Å². The molecule has 1 heterocycles. The van der Waals surface area contributed by atoms with Gasteiger partial charge in [0.1, 0.15) is 0 Å². The summed E-state index contributed by atoms with van der Waals surface area (Å²) in [6, 6.07) is 8.93. The molecule has 0 spiro atoms. The number of rotatable bonds is 6. The molecule has 0 amide bonds. The molecule has 3 unspecified atom stereocenters. The smallest absolute Gasteiger partial charge is 0.178 e. The van der Waals surface area contributed by atoms with Gasteiger partial charge in [-0.05, 0) is 81.8 Å². The number of hydrogen-bond donors (Lipinski definition) is 1. The van der Waals surface area contributed by atoms with E-state index in [1.807, 2.05) is 0 Å². The summed E-state index contributed by atoms with van der Waals surface area (Å²) < 4.78 is 25.7. The number of likely N-dealkylation sites (tertiary alicyclic amines) is 1. The molecule has 1 aliphatic carbocycles. The Labute approximate surface area is 208 Å². The van der Waals surface area contributed by atoms with Gasteiger partial charge in [-0.25, -0.2) is 8.42 Å². The van der Waals surface area contributed by atoms with E-state index in [2.05, 4.69) is 23.3 Å². The molecule has 1 N–H and O–H groups in total. The van der Waals surface area contributed by atoms with E-state index in [1.54, 1.807) is 24.3 Å². The summed E-state index contributed by atoms with van der Waals surface area (Å²) in [6.07, 6.45) is 16.7. The van der Waals surface area contributed by atoms with Crippen molar-refractivity contribution in [1.82, 2.24) is 10.2 Å². The zero-order valence-corrected chi connectivity index (χ0v) is 22.0. The standard InChI is InChI=1S/C28H45N3O2S/c1-30-28-12-9-7-5-3-2-4-6-8-11-25-13-16-26(28)23-31(22-25)19-10-20-34(32,33)27-17-14-24(21-29)15-18-27/h14-15,17-18,25-26,28,30H,2-13,16,19-20,22-23H2,1H3. The fourth-order valence-electron chi connectivity index (χ4n) is 5.96. The number of nitrogens with one attached hydrogen (secondary N) is 1. The van der Waals surface area contributed by atoms with Crippen LogP contribution in [0.3, 0.4) is 0 Å². The minimum Gasteiger partial charge on any atom is -0.317 e. The van der Waals surface area contributed by atoms with Crippen molar-refractivity contribution in [1.29, 1.82) is 5.26 Å². The molecule has 2 aliphatic rings. The Bertz CT molecular complexity index is 863. The SMILES string of the molecule is CNC1CCCCCCCCCCC2CCC1CN(CCCS(=O)(=O)c1ccc(C#N)cc1)C2. The highest BCUT2D eigenvalue weighted by Crippen LogP contribution is 2.29. The minimum absolute atomic E-state index is 0.167. The fraction of sp³-hybridized carbons (Fsp3) is 0.750. The van der Waals surface area contributed by atoms with Crippen LogP contribution in [-0.2, 0) is 9.84 Å². The molecule has 1 aromatic rings. The number of nitrogens with zero attached hydrogens (tertiary/aromatic N) is 2. The van der Waals surface area contributed by atoms with E-state index in [-0.39, 0.29) is 5.75 Å². The van der Waals surface area contributed by atoms with Crippen LogP contribution in [-0.4, -0.2) is 51.8 Å². The van der Waals surface area contributed by atoms with Crippen LogP contribution in [0.2, 0.25) is 0 Å². The molecule has 34 heavy (non-hydrogen) atoms. The number of benzene rings is 1. The van der Waals surface area contributed by atoms with Crippen molar-refractivity contribution in [2.45, 2.75) is 94.4 Å². The number of fused-ring (bicyclic) bond motifs is 3. The van der Waals surface area contributed by atoms with E-state index in [1.165, 1.54) is 77.0 Å². The van der Waals surface area contributed by atoms with Crippen molar-refractivity contribution in [3.8, 4) is 6.07 Å². The van der Waals surface area contributed by atoms with Gasteiger partial charge in [0.2, 0.25) is 0 Å². The molecule has 1 saturated heterocycles. The molecule has 1 aliphatic heterocycles. The molecule has 2 bridgehead atoms. The van der Waals surface area contributed by atoms with Gasteiger partial charge in [0.15, 0.2) is 9.84 Å². The summed E-state index contributed by atoms with van der Waals surface area (Å²) in [5.41, 5.74) is 0.491. The topological polar surface area (TPSA) is 73.2 Å². The number of hydrogen-bond acceptors (Lipinski definition) is 5. The molecule has 190 valence electrons. The van der Waals surface area contributed by atoms with Crippen molar-refractivity contribution < 1.29 is 8.42 Å². The lowest BCUT2D eigenvalue weighted by molar-refractivity contribution is 0.201. The first-order valence-electron chi connectivity index (χ1n) is 13.6.